The minimum absolute atomic E-state index is 0.675. The van der Waals surface area contributed by atoms with Crippen molar-refractivity contribution in [2.75, 3.05) is 0 Å². The Morgan fingerprint density at radius 3 is 2.73 bits per heavy atom. The second-order valence-electron chi connectivity index (χ2n) is 3.39. The van der Waals surface area contributed by atoms with Crippen molar-refractivity contribution in [2.45, 2.75) is 26.3 Å². The van der Waals surface area contributed by atoms with Crippen molar-refractivity contribution in [1.29, 1.82) is 0 Å². The van der Waals surface area contributed by atoms with E-state index in [0.717, 1.165) is 10.7 Å². The lowest BCUT2D eigenvalue weighted by Crippen LogP contribution is -1.97. The summed E-state index contributed by atoms with van der Waals surface area (Å²) < 4.78 is 3.09. The number of nitrogens with zero attached hydrogens (tertiary/aromatic N) is 1. The normalized spacial score (nSPS) is 28.9. The molecule has 1 fully saturated rings. The zero-order valence-corrected chi connectivity index (χ0v) is 7.61. The lowest BCUT2D eigenvalue weighted by atomic mass is 10.4. The fourth-order valence-corrected chi connectivity index (χ4v) is 1.88. The Morgan fingerprint density at radius 1 is 1.73 bits per heavy atom. The molecule has 1 heterocycles. The van der Waals surface area contributed by atoms with E-state index in [9.17, 15) is 0 Å². The van der Waals surface area contributed by atoms with Crippen molar-refractivity contribution < 1.29 is 0 Å². The van der Waals surface area contributed by atoms with Gasteiger partial charge in [0.15, 0.2) is 4.77 Å². The van der Waals surface area contributed by atoms with E-state index < -0.39 is 0 Å². The summed E-state index contributed by atoms with van der Waals surface area (Å²) in [6.07, 6.45) is 3.26. The van der Waals surface area contributed by atoms with Gasteiger partial charge >= 0.3 is 0 Å². The van der Waals surface area contributed by atoms with Gasteiger partial charge in [-0.05, 0) is 31.5 Å². The SMILES string of the molecule is Cc1c[nH]c(=S)n1C1CC1C. The fourth-order valence-electron chi connectivity index (χ4n) is 1.54. The van der Waals surface area contributed by atoms with Gasteiger partial charge in [-0.15, -0.1) is 0 Å². The summed E-state index contributed by atoms with van der Waals surface area (Å²) in [6.45, 7) is 4.36. The highest BCUT2D eigenvalue weighted by Gasteiger charge is 2.35. The van der Waals surface area contributed by atoms with Crippen molar-refractivity contribution in [2.24, 2.45) is 5.92 Å². The molecule has 60 valence electrons. The fraction of sp³-hybridized carbons (Fsp3) is 0.625. The van der Waals surface area contributed by atoms with E-state index in [1.807, 2.05) is 6.20 Å². The van der Waals surface area contributed by atoms with Crippen LogP contribution in [0.2, 0.25) is 0 Å². The van der Waals surface area contributed by atoms with Crippen LogP contribution in [0.3, 0.4) is 0 Å². The second kappa shape index (κ2) is 2.21. The van der Waals surface area contributed by atoms with Crippen LogP contribution in [-0.4, -0.2) is 9.55 Å². The Balaban J connectivity index is 2.43. The number of nitrogens with one attached hydrogen (secondary N) is 1. The van der Waals surface area contributed by atoms with Crippen molar-refractivity contribution in [3.05, 3.63) is 16.7 Å². The highest BCUT2D eigenvalue weighted by Crippen LogP contribution is 2.43. The minimum Gasteiger partial charge on any atom is -0.337 e. The first-order valence-corrected chi connectivity index (χ1v) is 4.37. The molecule has 0 amide bonds. The second-order valence-corrected chi connectivity index (χ2v) is 3.77. The molecule has 2 unspecified atom stereocenters. The van der Waals surface area contributed by atoms with Gasteiger partial charge in [0.2, 0.25) is 0 Å². The predicted octanol–water partition coefficient (Wildman–Crippen LogP) is 2.44. The maximum absolute atomic E-state index is 5.15. The molecule has 2 rings (SSSR count). The molecule has 2 nitrogen and oxygen atoms in total. The van der Waals surface area contributed by atoms with Gasteiger partial charge in [-0.25, -0.2) is 0 Å². The number of aromatic nitrogens is 2. The largest absolute Gasteiger partial charge is 0.337 e. The first-order valence-electron chi connectivity index (χ1n) is 3.96. The molecule has 2 atom stereocenters. The third kappa shape index (κ3) is 1.03. The molecule has 0 spiro atoms. The summed E-state index contributed by atoms with van der Waals surface area (Å²) in [5, 5.41) is 0. The Labute approximate surface area is 71.2 Å². The molecule has 1 N–H and O–H groups in total. The van der Waals surface area contributed by atoms with E-state index in [1.165, 1.54) is 12.1 Å². The molecule has 0 aromatic carbocycles. The Kier molecular flexibility index (Phi) is 1.42. The van der Waals surface area contributed by atoms with Crippen LogP contribution in [0.25, 0.3) is 0 Å². The molecule has 1 aliphatic rings. The average molecular weight is 168 g/mol. The third-order valence-electron chi connectivity index (χ3n) is 2.40. The first-order chi connectivity index (χ1) is 5.20. The summed E-state index contributed by atoms with van der Waals surface area (Å²) >= 11 is 5.15. The van der Waals surface area contributed by atoms with Crippen molar-refractivity contribution in [1.82, 2.24) is 9.55 Å². The van der Waals surface area contributed by atoms with E-state index in [1.54, 1.807) is 0 Å². The molecule has 0 aliphatic heterocycles. The lowest BCUT2D eigenvalue weighted by molar-refractivity contribution is 0.658. The van der Waals surface area contributed by atoms with Crippen LogP contribution in [0.15, 0.2) is 6.20 Å². The van der Waals surface area contributed by atoms with Crippen molar-refractivity contribution >= 4 is 12.2 Å². The lowest BCUT2D eigenvalue weighted by Gasteiger charge is -2.01. The van der Waals surface area contributed by atoms with E-state index in [0.29, 0.717) is 6.04 Å². The van der Waals surface area contributed by atoms with Crippen LogP contribution in [0, 0.1) is 17.6 Å². The van der Waals surface area contributed by atoms with Gasteiger partial charge in [-0.2, -0.15) is 0 Å². The molecular weight excluding hydrogens is 156 g/mol. The predicted molar refractivity (Wildman–Crippen MR) is 47.2 cm³/mol. The Hall–Kier alpha value is -0.570. The number of hydrogen-bond acceptors (Lipinski definition) is 1. The summed E-state index contributed by atoms with van der Waals surface area (Å²) in [5.41, 5.74) is 1.25. The summed E-state index contributed by atoms with van der Waals surface area (Å²) in [5.74, 6) is 0.816. The van der Waals surface area contributed by atoms with Gasteiger partial charge in [0.1, 0.15) is 0 Å². The molecule has 0 bridgehead atoms. The van der Waals surface area contributed by atoms with Crippen molar-refractivity contribution in [3.63, 3.8) is 0 Å². The smallest absolute Gasteiger partial charge is 0.177 e. The molecular formula is C8H12N2S. The molecule has 1 aromatic heterocycles. The molecule has 0 radical (unpaired) electrons. The third-order valence-corrected chi connectivity index (χ3v) is 2.72. The topological polar surface area (TPSA) is 20.7 Å². The Bertz CT molecular complexity index is 323. The summed E-state index contributed by atoms with van der Waals surface area (Å²) in [4.78, 5) is 3.06. The zero-order valence-electron chi connectivity index (χ0n) is 6.79. The van der Waals surface area contributed by atoms with Gasteiger partial charge in [0, 0.05) is 17.9 Å². The quantitative estimate of drug-likeness (QED) is 0.639. The number of aryl methyl sites for hydroxylation is 1. The highest BCUT2D eigenvalue weighted by molar-refractivity contribution is 7.71. The maximum Gasteiger partial charge on any atom is 0.177 e. The van der Waals surface area contributed by atoms with Gasteiger partial charge in [-0.1, -0.05) is 6.92 Å². The minimum atomic E-state index is 0.675. The van der Waals surface area contributed by atoms with Gasteiger partial charge in [-0.3, -0.25) is 0 Å². The monoisotopic (exact) mass is 168 g/mol. The van der Waals surface area contributed by atoms with E-state index >= 15 is 0 Å². The number of rotatable bonds is 1. The van der Waals surface area contributed by atoms with E-state index in [2.05, 4.69) is 23.4 Å². The van der Waals surface area contributed by atoms with Crippen LogP contribution in [0.4, 0.5) is 0 Å². The number of H-pyrrole nitrogens is 1. The highest BCUT2D eigenvalue weighted by atomic mass is 32.1. The summed E-state index contributed by atoms with van der Waals surface area (Å²) in [7, 11) is 0. The van der Waals surface area contributed by atoms with Crippen LogP contribution < -0.4 is 0 Å². The van der Waals surface area contributed by atoms with Crippen molar-refractivity contribution in [3.8, 4) is 0 Å². The Morgan fingerprint density at radius 2 is 2.36 bits per heavy atom. The number of aromatic amines is 1. The van der Waals surface area contributed by atoms with Gasteiger partial charge in [0.25, 0.3) is 0 Å². The number of imidazole rings is 1. The zero-order chi connectivity index (χ0) is 8.01. The molecule has 1 saturated carbocycles. The van der Waals surface area contributed by atoms with Crippen LogP contribution in [-0.2, 0) is 0 Å². The molecule has 3 heteroatoms. The van der Waals surface area contributed by atoms with Gasteiger partial charge < -0.3 is 9.55 Å². The molecule has 1 aliphatic carbocycles. The van der Waals surface area contributed by atoms with Crippen LogP contribution in [0.1, 0.15) is 25.1 Å². The van der Waals surface area contributed by atoms with E-state index in [4.69, 9.17) is 12.2 Å². The summed E-state index contributed by atoms with van der Waals surface area (Å²) in [6, 6.07) is 0.675. The number of hydrogen-bond donors (Lipinski definition) is 1. The van der Waals surface area contributed by atoms with Crippen LogP contribution >= 0.6 is 12.2 Å². The van der Waals surface area contributed by atoms with Crippen LogP contribution in [0.5, 0.6) is 0 Å². The molecule has 11 heavy (non-hydrogen) atoms. The molecule has 1 aromatic rings. The maximum atomic E-state index is 5.15. The standard InChI is InChI=1S/C8H12N2S/c1-5-3-7(5)10-6(2)4-9-8(10)11/h4-5,7H,3H2,1-2H3,(H,9,11). The van der Waals surface area contributed by atoms with E-state index in [-0.39, 0.29) is 0 Å². The van der Waals surface area contributed by atoms with Gasteiger partial charge in [0.05, 0.1) is 0 Å². The average Bonchev–Trinajstić information content (AvgIpc) is 2.54. The molecule has 0 saturated heterocycles. The first kappa shape index (κ1) is 7.10.